The zero-order chi connectivity index (χ0) is 38.4. The highest BCUT2D eigenvalue weighted by Gasteiger charge is 2.27. The second kappa shape index (κ2) is 37.0. The average molecular weight is 755 g/mol. The fraction of sp³-hybridized carbons (Fsp3) is 0.707. The van der Waals surface area contributed by atoms with Crippen LogP contribution in [0.4, 0.5) is 0 Å². The molecule has 0 bridgehead atoms. The molecular weight excluding hydrogens is 683 g/mol. The predicted molar refractivity (Wildman–Crippen MR) is 210 cm³/mol. The van der Waals surface area contributed by atoms with Crippen molar-refractivity contribution in [1.82, 2.24) is 0 Å². The minimum absolute atomic E-state index is 0.161. The van der Waals surface area contributed by atoms with Crippen molar-refractivity contribution in [2.45, 2.75) is 161 Å². The van der Waals surface area contributed by atoms with Crippen molar-refractivity contribution in [3.8, 4) is 0 Å². The van der Waals surface area contributed by atoms with Crippen molar-refractivity contribution >= 4 is 19.8 Å². The molecular formula is C41H71O10P. The van der Waals surface area contributed by atoms with E-state index in [1.807, 2.05) is 0 Å². The molecule has 0 heterocycles. The summed E-state index contributed by atoms with van der Waals surface area (Å²) in [4.78, 5) is 34.4. The molecule has 3 unspecified atom stereocenters. The number of rotatable bonds is 36. The number of phosphoric acid groups is 1. The van der Waals surface area contributed by atoms with Crippen LogP contribution in [0.2, 0.25) is 0 Å². The number of carbonyl (C=O) groups is 2. The van der Waals surface area contributed by atoms with Gasteiger partial charge in [-0.3, -0.25) is 18.6 Å². The summed E-state index contributed by atoms with van der Waals surface area (Å²) in [5.41, 5.74) is 0. The van der Waals surface area contributed by atoms with Crippen LogP contribution in [0.5, 0.6) is 0 Å². The molecule has 0 radical (unpaired) electrons. The molecule has 0 saturated heterocycles. The molecule has 0 aromatic carbocycles. The Balaban J connectivity index is 4.03. The first-order valence-electron chi connectivity index (χ1n) is 19.7. The number of esters is 2. The van der Waals surface area contributed by atoms with Crippen molar-refractivity contribution in [2.75, 3.05) is 26.4 Å². The molecule has 0 aliphatic rings. The number of ether oxygens (including phenoxy) is 2. The molecule has 0 amide bonds. The van der Waals surface area contributed by atoms with Crippen molar-refractivity contribution in [3.05, 3.63) is 60.8 Å². The first-order valence-corrected chi connectivity index (χ1v) is 21.2. The van der Waals surface area contributed by atoms with Crippen LogP contribution in [-0.4, -0.2) is 65.7 Å². The first kappa shape index (κ1) is 49.7. The van der Waals surface area contributed by atoms with E-state index in [0.29, 0.717) is 12.8 Å². The molecule has 0 rings (SSSR count). The predicted octanol–water partition coefficient (Wildman–Crippen LogP) is 9.94. The number of hydrogen-bond acceptors (Lipinski definition) is 9. The number of aliphatic hydroxyl groups is 2. The van der Waals surface area contributed by atoms with Gasteiger partial charge in [-0.1, -0.05) is 120 Å². The van der Waals surface area contributed by atoms with E-state index in [4.69, 9.17) is 18.5 Å². The summed E-state index contributed by atoms with van der Waals surface area (Å²) < 4.78 is 32.4. The molecule has 0 aromatic rings. The van der Waals surface area contributed by atoms with Gasteiger partial charge in [-0.15, -0.1) is 0 Å². The van der Waals surface area contributed by atoms with Crippen LogP contribution in [0.15, 0.2) is 60.8 Å². The molecule has 10 nitrogen and oxygen atoms in total. The Morgan fingerprint density at radius 2 is 0.904 bits per heavy atom. The lowest BCUT2D eigenvalue weighted by atomic mass is 10.1. The van der Waals surface area contributed by atoms with E-state index in [9.17, 15) is 29.3 Å². The summed E-state index contributed by atoms with van der Waals surface area (Å²) in [6.45, 7) is 2.00. The maximum absolute atomic E-state index is 12.3. The fourth-order valence-corrected chi connectivity index (χ4v) is 5.71. The Labute approximate surface area is 315 Å². The average Bonchev–Trinajstić information content (AvgIpc) is 3.13. The van der Waals surface area contributed by atoms with E-state index in [1.165, 1.54) is 19.3 Å². The van der Waals surface area contributed by atoms with Crippen molar-refractivity contribution in [2.24, 2.45) is 0 Å². The third-order valence-electron chi connectivity index (χ3n) is 7.96. The minimum Gasteiger partial charge on any atom is -0.457 e. The van der Waals surface area contributed by atoms with Gasteiger partial charge in [0.25, 0.3) is 0 Å². The van der Waals surface area contributed by atoms with E-state index in [2.05, 4.69) is 74.6 Å². The molecule has 11 heteroatoms. The van der Waals surface area contributed by atoms with Gasteiger partial charge >= 0.3 is 19.8 Å². The molecule has 0 saturated carbocycles. The Morgan fingerprint density at radius 1 is 0.538 bits per heavy atom. The van der Waals surface area contributed by atoms with E-state index < -0.39 is 58.4 Å². The van der Waals surface area contributed by atoms with Gasteiger partial charge in [-0.25, -0.2) is 4.57 Å². The summed E-state index contributed by atoms with van der Waals surface area (Å²) in [5.74, 6) is -1.06. The lowest BCUT2D eigenvalue weighted by molar-refractivity contribution is -0.153. The van der Waals surface area contributed by atoms with Gasteiger partial charge in [0.05, 0.1) is 26.4 Å². The topological polar surface area (TPSA) is 149 Å². The summed E-state index contributed by atoms with van der Waals surface area (Å²) in [7, 11) is -4.64. The molecule has 3 N–H and O–H groups in total. The third kappa shape index (κ3) is 34.7. The Morgan fingerprint density at radius 3 is 1.33 bits per heavy atom. The molecule has 3 atom stereocenters. The quantitative estimate of drug-likeness (QED) is 0.0244. The molecule has 52 heavy (non-hydrogen) atoms. The van der Waals surface area contributed by atoms with Crippen LogP contribution in [0.3, 0.4) is 0 Å². The highest BCUT2D eigenvalue weighted by Crippen LogP contribution is 2.43. The minimum atomic E-state index is -4.64. The van der Waals surface area contributed by atoms with Gasteiger partial charge in [0, 0.05) is 12.8 Å². The second-order valence-electron chi connectivity index (χ2n) is 12.9. The molecule has 0 spiro atoms. The SMILES string of the molecule is CC/C=C\C/C=C\C/C=C\C/C=C\CCCCCCC(=O)OC(CO)COP(=O)(O)OCC(CO)OC(=O)CCCCCCC/C=C\CCCCC. The van der Waals surface area contributed by atoms with Gasteiger partial charge in [-0.2, -0.15) is 0 Å². The van der Waals surface area contributed by atoms with E-state index >= 15 is 0 Å². The zero-order valence-corrected chi connectivity index (χ0v) is 33.1. The lowest BCUT2D eigenvalue weighted by Gasteiger charge is -2.20. The van der Waals surface area contributed by atoms with Crippen molar-refractivity contribution in [3.63, 3.8) is 0 Å². The summed E-state index contributed by atoms with van der Waals surface area (Å²) >= 11 is 0. The van der Waals surface area contributed by atoms with Gasteiger partial charge in [0.1, 0.15) is 12.2 Å². The molecule has 0 aliphatic heterocycles. The summed E-state index contributed by atoms with van der Waals surface area (Å²) in [6.07, 6.45) is 39.1. The standard InChI is InChI=1S/C41H71O10P/c1-3-5-7-9-11-13-15-17-18-19-20-21-23-25-27-29-31-33-41(45)51-39(35-43)37-49-52(46,47)48-36-38(34-42)50-40(44)32-30-28-26-24-22-16-14-12-10-8-6-4-2/h5,7,11-14,17-18,20-21,38-39,42-43H,3-4,6,8-10,15-16,19,22-37H2,1-2H3,(H,46,47)/b7-5-,13-11-,14-12-,18-17-,21-20-. The van der Waals surface area contributed by atoms with Crippen LogP contribution in [0.1, 0.15) is 149 Å². The molecule has 0 aromatic heterocycles. The molecule has 300 valence electrons. The number of unbranched alkanes of at least 4 members (excludes halogenated alkanes) is 12. The number of hydrogen-bond donors (Lipinski definition) is 3. The summed E-state index contributed by atoms with van der Waals surface area (Å²) in [6, 6.07) is 0. The highest BCUT2D eigenvalue weighted by atomic mass is 31.2. The third-order valence-corrected chi connectivity index (χ3v) is 8.91. The van der Waals surface area contributed by atoms with E-state index in [1.54, 1.807) is 0 Å². The van der Waals surface area contributed by atoms with Crippen LogP contribution in [0.25, 0.3) is 0 Å². The second-order valence-corrected chi connectivity index (χ2v) is 14.3. The monoisotopic (exact) mass is 754 g/mol. The largest absolute Gasteiger partial charge is 0.472 e. The maximum Gasteiger partial charge on any atom is 0.472 e. The smallest absolute Gasteiger partial charge is 0.457 e. The van der Waals surface area contributed by atoms with Crippen LogP contribution < -0.4 is 0 Å². The number of phosphoric ester groups is 1. The Hall–Kier alpha value is -2.33. The maximum atomic E-state index is 12.3. The summed E-state index contributed by atoms with van der Waals surface area (Å²) in [5, 5.41) is 19.1. The van der Waals surface area contributed by atoms with E-state index in [0.717, 1.165) is 89.9 Å². The number of aliphatic hydroxyl groups excluding tert-OH is 2. The zero-order valence-electron chi connectivity index (χ0n) is 32.3. The normalized spacial score (nSPS) is 14.6. The Kier molecular flexibility index (Phi) is 35.3. The van der Waals surface area contributed by atoms with Gasteiger partial charge < -0.3 is 24.6 Å². The molecule has 0 aliphatic carbocycles. The van der Waals surface area contributed by atoms with Gasteiger partial charge in [-0.05, 0) is 77.0 Å². The van der Waals surface area contributed by atoms with Crippen molar-refractivity contribution < 1.29 is 47.8 Å². The first-order chi connectivity index (χ1) is 25.3. The highest BCUT2D eigenvalue weighted by molar-refractivity contribution is 7.47. The van der Waals surface area contributed by atoms with Gasteiger partial charge in [0.15, 0.2) is 0 Å². The van der Waals surface area contributed by atoms with Crippen LogP contribution in [-0.2, 0) is 32.7 Å². The van der Waals surface area contributed by atoms with E-state index in [-0.39, 0.29) is 12.8 Å². The fourth-order valence-electron chi connectivity index (χ4n) is 4.92. The Bertz CT molecular complexity index is 1050. The number of allylic oxidation sites excluding steroid dienone is 10. The van der Waals surface area contributed by atoms with Crippen LogP contribution >= 0.6 is 7.82 Å². The van der Waals surface area contributed by atoms with Gasteiger partial charge in [0.2, 0.25) is 0 Å². The molecule has 0 fully saturated rings. The lowest BCUT2D eigenvalue weighted by Crippen LogP contribution is -2.28. The van der Waals surface area contributed by atoms with Crippen molar-refractivity contribution in [1.29, 1.82) is 0 Å². The van der Waals surface area contributed by atoms with Crippen LogP contribution in [0, 0.1) is 0 Å². The number of carbonyl (C=O) groups excluding carboxylic acids is 2.